The van der Waals surface area contributed by atoms with E-state index in [9.17, 15) is 14.7 Å². The first kappa shape index (κ1) is 28.5. The molecule has 0 aliphatic rings. The van der Waals surface area contributed by atoms with E-state index in [4.69, 9.17) is 14.5 Å². The normalized spacial score (nSPS) is 12.1. The molecule has 0 bridgehead atoms. The lowest BCUT2D eigenvalue weighted by Gasteiger charge is -2.15. The molecular formula is C29H27Br2N3O5. The van der Waals surface area contributed by atoms with Gasteiger partial charge in [-0.15, -0.1) is 0 Å². The lowest BCUT2D eigenvalue weighted by molar-refractivity contribution is 0.0696. The molecule has 4 rings (SSSR count). The molecule has 0 saturated carbocycles. The van der Waals surface area contributed by atoms with E-state index in [1.807, 2.05) is 32.9 Å². The first-order valence-corrected chi connectivity index (χ1v) is 14.0. The Bertz CT molecular complexity index is 1620. The average molecular weight is 657 g/mol. The van der Waals surface area contributed by atoms with E-state index < -0.39 is 5.97 Å². The number of nitrogens with zero attached hydrogens (tertiary/aromatic N) is 3. The third-order valence-corrected chi connectivity index (χ3v) is 7.31. The molecule has 3 aromatic carbocycles. The number of benzene rings is 3. The standard InChI is InChI=1S/C29H27Br2N3O5/c1-4-17(3)27-33-24-10-9-21(30)13-22(24)28(35)34(27)32-15-20-12-25(38-5-2)26(14-23(20)31)39-16-18-7-6-8-19(11-18)29(36)37/h6-15,17H,4-5,16H2,1-3H3,(H,36,37)/t17-/m1/s1. The molecule has 0 fully saturated rings. The van der Waals surface area contributed by atoms with E-state index in [2.05, 4.69) is 37.0 Å². The number of halogens is 2. The fraction of sp³-hybridized carbons (Fsp3) is 0.241. The number of carboxylic acid groups (broad SMARTS) is 1. The summed E-state index contributed by atoms with van der Waals surface area (Å²) in [4.78, 5) is 29.5. The van der Waals surface area contributed by atoms with Crippen molar-refractivity contribution < 1.29 is 19.4 Å². The quantitative estimate of drug-likeness (QED) is 0.185. The number of hydrogen-bond acceptors (Lipinski definition) is 6. The van der Waals surface area contributed by atoms with Gasteiger partial charge >= 0.3 is 5.97 Å². The molecule has 0 spiro atoms. The number of aromatic nitrogens is 2. The molecule has 202 valence electrons. The molecule has 0 aliphatic carbocycles. The first-order chi connectivity index (χ1) is 18.7. The average Bonchev–Trinajstić information content (AvgIpc) is 2.93. The number of fused-ring (bicyclic) bond motifs is 1. The van der Waals surface area contributed by atoms with Gasteiger partial charge in [0.15, 0.2) is 11.5 Å². The maximum Gasteiger partial charge on any atom is 0.335 e. The van der Waals surface area contributed by atoms with Crippen LogP contribution in [-0.4, -0.2) is 33.6 Å². The minimum absolute atomic E-state index is 0.0146. The van der Waals surface area contributed by atoms with Crippen molar-refractivity contribution in [3.05, 3.63) is 96.4 Å². The van der Waals surface area contributed by atoms with Crippen LogP contribution in [0.3, 0.4) is 0 Å². The molecular weight excluding hydrogens is 630 g/mol. The lowest BCUT2D eigenvalue weighted by atomic mass is 10.1. The van der Waals surface area contributed by atoms with Gasteiger partial charge in [-0.1, -0.05) is 41.9 Å². The molecule has 0 amide bonds. The van der Waals surface area contributed by atoms with Crippen LogP contribution in [0, 0.1) is 0 Å². The summed E-state index contributed by atoms with van der Waals surface area (Å²) in [7, 11) is 0. The van der Waals surface area contributed by atoms with Gasteiger partial charge in [0, 0.05) is 20.4 Å². The van der Waals surface area contributed by atoms with E-state index >= 15 is 0 Å². The number of hydrogen-bond donors (Lipinski definition) is 1. The number of carboxylic acids is 1. The summed E-state index contributed by atoms with van der Waals surface area (Å²) in [5.74, 6) is 0.574. The van der Waals surface area contributed by atoms with Gasteiger partial charge in [0.05, 0.1) is 29.3 Å². The van der Waals surface area contributed by atoms with Crippen LogP contribution < -0.4 is 15.0 Å². The summed E-state index contributed by atoms with van der Waals surface area (Å²) in [6, 6.07) is 15.6. The third kappa shape index (κ3) is 6.57. The smallest absolute Gasteiger partial charge is 0.335 e. The Labute approximate surface area is 242 Å². The van der Waals surface area contributed by atoms with Crippen molar-refractivity contribution in [1.29, 1.82) is 0 Å². The molecule has 0 saturated heterocycles. The van der Waals surface area contributed by atoms with Crippen LogP contribution >= 0.6 is 31.9 Å². The molecule has 10 heteroatoms. The molecule has 1 heterocycles. The molecule has 0 unspecified atom stereocenters. The predicted molar refractivity (Wildman–Crippen MR) is 158 cm³/mol. The Hall–Kier alpha value is -3.50. The van der Waals surface area contributed by atoms with Gasteiger partial charge in [0.2, 0.25) is 0 Å². The Morgan fingerprint density at radius 2 is 1.87 bits per heavy atom. The highest BCUT2D eigenvalue weighted by molar-refractivity contribution is 9.10. The molecule has 0 aliphatic heterocycles. The second-order valence-corrected chi connectivity index (χ2v) is 10.6. The van der Waals surface area contributed by atoms with Crippen molar-refractivity contribution in [3.8, 4) is 11.5 Å². The minimum Gasteiger partial charge on any atom is -0.490 e. The fourth-order valence-electron chi connectivity index (χ4n) is 3.89. The van der Waals surface area contributed by atoms with E-state index in [1.165, 1.54) is 10.7 Å². The highest BCUT2D eigenvalue weighted by Gasteiger charge is 2.16. The first-order valence-electron chi connectivity index (χ1n) is 12.4. The monoisotopic (exact) mass is 655 g/mol. The second kappa shape index (κ2) is 12.6. The fourth-order valence-corrected chi connectivity index (χ4v) is 4.67. The Balaban J connectivity index is 1.70. The summed E-state index contributed by atoms with van der Waals surface area (Å²) < 4.78 is 14.6. The zero-order valence-corrected chi connectivity index (χ0v) is 24.8. The Morgan fingerprint density at radius 1 is 1.10 bits per heavy atom. The number of ether oxygens (including phenoxy) is 2. The maximum atomic E-state index is 13.4. The van der Waals surface area contributed by atoms with Crippen molar-refractivity contribution in [1.82, 2.24) is 9.66 Å². The Morgan fingerprint density at radius 3 is 2.59 bits per heavy atom. The van der Waals surface area contributed by atoms with Gasteiger partial charge in [-0.25, -0.2) is 9.78 Å². The van der Waals surface area contributed by atoms with Crippen LogP contribution in [0.25, 0.3) is 10.9 Å². The van der Waals surface area contributed by atoms with Gasteiger partial charge in [-0.2, -0.15) is 9.78 Å². The van der Waals surface area contributed by atoms with Gasteiger partial charge < -0.3 is 14.6 Å². The van der Waals surface area contributed by atoms with Crippen molar-refractivity contribution in [3.63, 3.8) is 0 Å². The molecule has 1 atom stereocenters. The SMILES string of the molecule is CCOc1cc(C=Nn2c([C@H](C)CC)nc3ccc(Br)cc3c2=O)c(Br)cc1OCc1cccc(C(=O)O)c1. The van der Waals surface area contributed by atoms with E-state index in [0.29, 0.717) is 50.4 Å². The zero-order chi connectivity index (χ0) is 28.1. The lowest BCUT2D eigenvalue weighted by Crippen LogP contribution is -2.23. The summed E-state index contributed by atoms with van der Waals surface area (Å²) >= 11 is 7.01. The predicted octanol–water partition coefficient (Wildman–Crippen LogP) is 6.99. The number of aromatic carboxylic acids is 1. The van der Waals surface area contributed by atoms with Crippen LogP contribution in [0.2, 0.25) is 0 Å². The van der Waals surface area contributed by atoms with E-state index in [1.54, 1.807) is 42.6 Å². The van der Waals surface area contributed by atoms with Crippen molar-refractivity contribution in [2.24, 2.45) is 5.10 Å². The molecule has 0 radical (unpaired) electrons. The van der Waals surface area contributed by atoms with Gasteiger partial charge in [0.25, 0.3) is 5.56 Å². The second-order valence-electron chi connectivity index (χ2n) is 8.85. The largest absolute Gasteiger partial charge is 0.490 e. The topological polar surface area (TPSA) is 103 Å². The maximum absolute atomic E-state index is 13.4. The van der Waals surface area contributed by atoms with Gasteiger partial charge in [0.1, 0.15) is 12.4 Å². The highest BCUT2D eigenvalue weighted by atomic mass is 79.9. The van der Waals surface area contributed by atoms with Crippen LogP contribution in [0.5, 0.6) is 11.5 Å². The summed E-state index contributed by atoms with van der Waals surface area (Å²) in [6.07, 6.45) is 2.38. The van der Waals surface area contributed by atoms with Crippen LogP contribution in [0.4, 0.5) is 0 Å². The molecule has 8 nitrogen and oxygen atoms in total. The summed E-state index contributed by atoms with van der Waals surface area (Å²) in [6.45, 7) is 6.49. The van der Waals surface area contributed by atoms with E-state index in [-0.39, 0.29) is 23.6 Å². The summed E-state index contributed by atoms with van der Waals surface area (Å²) in [5, 5.41) is 14.3. The number of rotatable bonds is 10. The minimum atomic E-state index is -0.997. The number of carbonyl (C=O) groups is 1. The van der Waals surface area contributed by atoms with Crippen molar-refractivity contribution in [2.75, 3.05) is 6.61 Å². The van der Waals surface area contributed by atoms with Crippen LogP contribution in [0.15, 0.2) is 73.4 Å². The summed E-state index contributed by atoms with van der Waals surface area (Å²) in [5.41, 5.74) is 1.95. The van der Waals surface area contributed by atoms with Gasteiger partial charge in [-0.05, 0) is 77.3 Å². The third-order valence-electron chi connectivity index (χ3n) is 6.13. The zero-order valence-electron chi connectivity index (χ0n) is 21.6. The molecule has 39 heavy (non-hydrogen) atoms. The van der Waals surface area contributed by atoms with Crippen molar-refractivity contribution >= 4 is 54.9 Å². The molecule has 1 N–H and O–H groups in total. The Kier molecular flexibility index (Phi) is 9.19. The van der Waals surface area contributed by atoms with Gasteiger partial charge in [-0.3, -0.25) is 4.79 Å². The van der Waals surface area contributed by atoms with Crippen LogP contribution in [0.1, 0.15) is 60.4 Å². The molecule has 4 aromatic rings. The van der Waals surface area contributed by atoms with E-state index in [0.717, 1.165) is 10.9 Å². The highest BCUT2D eigenvalue weighted by Crippen LogP contribution is 2.34. The molecule has 1 aromatic heterocycles. The van der Waals surface area contributed by atoms with Crippen LogP contribution in [-0.2, 0) is 6.61 Å². The van der Waals surface area contributed by atoms with Crippen molar-refractivity contribution in [2.45, 2.75) is 39.7 Å².